The van der Waals surface area contributed by atoms with Crippen LogP contribution in [0.25, 0.3) is 16.6 Å². The van der Waals surface area contributed by atoms with Crippen molar-refractivity contribution in [2.24, 2.45) is 0 Å². The van der Waals surface area contributed by atoms with Crippen LogP contribution in [0.2, 0.25) is 10.0 Å². The summed E-state index contributed by atoms with van der Waals surface area (Å²) in [5.41, 5.74) is 0.704. The average Bonchev–Trinajstić information content (AvgIpc) is 2.44. The molecule has 100 valence electrons. The van der Waals surface area contributed by atoms with Crippen LogP contribution in [0.1, 0.15) is 0 Å². The van der Waals surface area contributed by atoms with Gasteiger partial charge < -0.3 is 0 Å². The van der Waals surface area contributed by atoms with E-state index in [1.807, 2.05) is 0 Å². The molecule has 0 atom stereocenters. The first-order chi connectivity index (χ1) is 9.59. The molecule has 7 heteroatoms. The van der Waals surface area contributed by atoms with Crippen molar-refractivity contribution in [3.63, 3.8) is 0 Å². The minimum absolute atomic E-state index is 0.279. The van der Waals surface area contributed by atoms with Gasteiger partial charge in [-0.25, -0.2) is 9.97 Å². The topological polar surface area (TPSA) is 47.8 Å². The van der Waals surface area contributed by atoms with E-state index >= 15 is 0 Å². The number of halogens is 3. The molecule has 0 aliphatic heterocycles. The quantitative estimate of drug-likeness (QED) is 0.653. The summed E-state index contributed by atoms with van der Waals surface area (Å²) in [6.45, 7) is 0. The fourth-order valence-electron chi connectivity index (χ4n) is 1.92. The van der Waals surface area contributed by atoms with Gasteiger partial charge in [0.05, 0.1) is 31.1 Å². The zero-order chi connectivity index (χ0) is 14.3. The van der Waals surface area contributed by atoms with Crippen LogP contribution in [-0.4, -0.2) is 14.5 Å². The zero-order valence-corrected chi connectivity index (χ0v) is 12.9. The smallest absolute Gasteiger partial charge is 0.266 e. The highest BCUT2D eigenvalue weighted by Crippen LogP contribution is 2.29. The summed E-state index contributed by atoms with van der Waals surface area (Å²) in [5.74, 6) is 0. The van der Waals surface area contributed by atoms with Crippen molar-refractivity contribution in [3.8, 4) is 5.69 Å². The lowest BCUT2D eigenvalue weighted by molar-refractivity contribution is 0.995. The van der Waals surface area contributed by atoms with E-state index in [1.54, 1.807) is 24.4 Å². The second-order valence-corrected chi connectivity index (χ2v) is 5.68. The molecule has 20 heavy (non-hydrogen) atoms. The van der Waals surface area contributed by atoms with Gasteiger partial charge in [-0.2, -0.15) is 0 Å². The second kappa shape index (κ2) is 5.16. The van der Waals surface area contributed by atoms with E-state index in [1.165, 1.54) is 17.1 Å². The molecule has 2 aromatic heterocycles. The molecule has 0 fully saturated rings. The number of rotatable bonds is 1. The van der Waals surface area contributed by atoms with Crippen LogP contribution in [0.4, 0.5) is 0 Å². The lowest BCUT2D eigenvalue weighted by atomic mass is 10.2. The Bertz CT molecular complexity index is 859. The number of benzene rings is 1. The van der Waals surface area contributed by atoms with E-state index in [9.17, 15) is 4.79 Å². The van der Waals surface area contributed by atoms with Crippen molar-refractivity contribution in [1.29, 1.82) is 0 Å². The maximum Gasteiger partial charge on any atom is 0.266 e. The minimum Gasteiger partial charge on any atom is -0.279 e. The SMILES string of the molecule is O=c1c2cncnc2c(Br)cn1-c1c(Cl)cccc1Cl. The van der Waals surface area contributed by atoms with E-state index in [2.05, 4.69) is 25.9 Å². The van der Waals surface area contributed by atoms with Gasteiger partial charge in [-0.3, -0.25) is 9.36 Å². The average molecular weight is 371 g/mol. The summed E-state index contributed by atoms with van der Waals surface area (Å²) in [4.78, 5) is 20.5. The Balaban J connectivity index is 2.44. The Hall–Kier alpha value is -1.43. The van der Waals surface area contributed by atoms with Crippen molar-refractivity contribution in [2.75, 3.05) is 0 Å². The minimum atomic E-state index is -0.279. The molecule has 3 rings (SSSR count). The highest BCUT2D eigenvalue weighted by atomic mass is 79.9. The van der Waals surface area contributed by atoms with Gasteiger partial charge in [0.2, 0.25) is 0 Å². The first-order valence-electron chi connectivity index (χ1n) is 5.55. The van der Waals surface area contributed by atoms with Crippen LogP contribution in [0.3, 0.4) is 0 Å². The van der Waals surface area contributed by atoms with Crippen LogP contribution in [-0.2, 0) is 0 Å². The standard InChI is InChI=1S/C13H6BrCl2N3O/c14-8-5-19(12-9(15)2-1-3-10(12)16)13(20)7-4-17-6-18-11(7)8/h1-6H. The molecule has 2 heterocycles. The summed E-state index contributed by atoms with van der Waals surface area (Å²) in [6.07, 6.45) is 4.46. The lowest BCUT2D eigenvalue weighted by Crippen LogP contribution is -2.19. The first kappa shape index (κ1) is 13.5. The van der Waals surface area contributed by atoms with Gasteiger partial charge in [-0.05, 0) is 28.1 Å². The van der Waals surface area contributed by atoms with Crippen molar-refractivity contribution in [1.82, 2.24) is 14.5 Å². The molecule has 0 saturated carbocycles. The maximum absolute atomic E-state index is 12.5. The van der Waals surface area contributed by atoms with E-state index in [4.69, 9.17) is 23.2 Å². The van der Waals surface area contributed by atoms with Crippen LogP contribution in [0.5, 0.6) is 0 Å². The molecule has 0 unspecified atom stereocenters. The van der Waals surface area contributed by atoms with Gasteiger partial charge in [-0.1, -0.05) is 29.3 Å². The molecular weight excluding hydrogens is 365 g/mol. The van der Waals surface area contributed by atoms with Gasteiger partial charge in [0.1, 0.15) is 6.33 Å². The fourth-order valence-corrected chi connectivity index (χ4v) is 3.02. The van der Waals surface area contributed by atoms with Crippen molar-refractivity contribution >= 4 is 50.0 Å². The molecular formula is C13H6BrCl2N3O. The van der Waals surface area contributed by atoms with Crippen molar-refractivity contribution in [2.45, 2.75) is 0 Å². The molecule has 4 nitrogen and oxygen atoms in total. The highest BCUT2D eigenvalue weighted by molar-refractivity contribution is 9.10. The fraction of sp³-hybridized carbons (Fsp3) is 0. The molecule has 0 bridgehead atoms. The van der Waals surface area contributed by atoms with Gasteiger partial charge in [0, 0.05) is 12.4 Å². The summed E-state index contributed by atoms with van der Waals surface area (Å²) in [5, 5.41) is 1.17. The predicted octanol–water partition coefficient (Wildman–Crippen LogP) is 3.85. The molecule has 0 aliphatic rings. The second-order valence-electron chi connectivity index (χ2n) is 4.01. The Labute approximate surface area is 132 Å². The van der Waals surface area contributed by atoms with E-state index < -0.39 is 0 Å². The van der Waals surface area contributed by atoms with Gasteiger partial charge >= 0.3 is 0 Å². The monoisotopic (exact) mass is 369 g/mol. The number of fused-ring (bicyclic) bond motifs is 1. The zero-order valence-electron chi connectivity index (χ0n) is 9.85. The maximum atomic E-state index is 12.5. The van der Waals surface area contributed by atoms with Crippen LogP contribution in [0.15, 0.2) is 46.2 Å². The Kier molecular flexibility index (Phi) is 3.50. The molecule has 3 aromatic rings. The van der Waals surface area contributed by atoms with E-state index in [-0.39, 0.29) is 5.56 Å². The Morgan fingerprint density at radius 2 is 1.90 bits per heavy atom. The van der Waals surface area contributed by atoms with Gasteiger partial charge in [0.25, 0.3) is 5.56 Å². The van der Waals surface area contributed by atoms with Crippen LogP contribution in [0, 0.1) is 0 Å². The van der Waals surface area contributed by atoms with Crippen molar-refractivity contribution < 1.29 is 0 Å². The Morgan fingerprint density at radius 3 is 2.60 bits per heavy atom. The molecule has 1 aromatic carbocycles. The van der Waals surface area contributed by atoms with Crippen LogP contribution < -0.4 is 5.56 Å². The number of aromatic nitrogens is 3. The largest absolute Gasteiger partial charge is 0.279 e. The lowest BCUT2D eigenvalue weighted by Gasteiger charge is -2.11. The first-order valence-corrected chi connectivity index (χ1v) is 7.09. The summed E-state index contributed by atoms with van der Waals surface area (Å²) in [7, 11) is 0. The molecule has 0 radical (unpaired) electrons. The molecule has 0 saturated heterocycles. The molecule has 0 N–H and O–H groups in total. The third-order valence-corrected chi connectivity index (χ3v) is 4.00. The predicted molar refractivity (Wildman–Crippen MR) is 82.9 cm³/mol. The normalized spacial score (nSPS) is 10.9. The Morgan fingerprint density at radius 1 is 1.20 bits per heavy atom. The van der Waals surface area contributed by atoms with Crippen LogP contribution >= 0.6 is 39.1 Å². The van der Waals surface area contributed by atoms with Crippen molar-refractivity contribution in [3.05, 3.63) is 61.8 Å². The molecule has 0 amide bonds. The molecule has 0 spiro atoms. The number of para-hydroxylation sites is 1. The van der Waals surface area contributed by atoms with E-state index in [0.29, 0.717) is 31.1 Å². The van der Waals surface area contributed by atoms with Gasteiger partial charge in [-0.15, -0.1) is 0 Å². The van der Waals surface area contributed by atoms with E-state index in [0.717, 1.165) is 0 Å². The summed E-state index contributed by atoms with van der Waals surface area (Å²) >= 11 is 15.7. The number of pyridine rings is 1. The summed E-state index contributed by atoms with van der Waals surface area (Å²) in [6, 6.07) is 5.07. The number of nitrogens with zero attached hydrogens (tertiary/aromatic N) is 3. The number of hydrogen-bond donors (Lipinski definition) is 0. The number of hydrogen-bond acceptors (Lipinski definition) is 3. The molecule has 0 aliphatic carbocycles. The summed E-state index contributed by atoms with van der Waals surface area (Å²) < 4.78 is 2.05. The third kappa shape index (κ3) is 2.12. The highest BCUT2D eigenvalue weighted by Gasteiger charge is 2.14. The third-order valence-electron chi connectivity index (χ3n) is 2.81. The van der Waals surface area contributed by atoms with Gasteiger partial charge in [0.15, 0.2) is 0 Å².